The summed E-state index contributed by atoms with van der Waals surface area (Å²) in [5.41, 5.74) is 0. The van der Waals surface area contributed by atoms with E-state index in [9.17, 15) is 17.2 Å². The molecule has 0 saturated carbocycles. The molecule has 9 heavy (non-hydrogen) atoms. The molecule has 0 rings (SSSR count). The minimum absolute atomic E-state index is 0.493. The van der Waals surface area contributed by atoms with Gasteiger partial charge >= 0.3 is 0 Å². The molecular formula is C3H6F2O3S. The zero-order chi connectivity index (χ0) is 9.28. The minimum Gasteiger partial charge on any atom is -0.264 e. The largest absolute Gasteiger partial charge is 0.264 e. The summed E-state index contributed by atoms with van der Waals surface area (Å²) in [6, 6.07) is 0. The molecule has 0 fully saturated rings. The van der Waals surface area contributed by atoms with E-state index < -0.39 is 23.1 Å². The van der Waals surface area contributed by atoms with Crippen molar-refractivity contribution < 1.29 is 24.1 Å². The highest BCUT2D eigenvalue weighted by Crippen LogP contribution is 1.95. The fourth-order valence-electron chi connectivity index (χ4n) is 0.124. The van der Waals surface area contributed by atoms with Gasteiger partial charge in [0.15, 0.2) is 0 Å². The standard InChI is InChI=1S/C3H6F2O3S/c1-9(6,7)8-2-3(4)5/h3H,2H2,1H3/i2D2. The van der Waals surface area contributed by atoms with Crippen LogP contribution in [-0.4, -0.2) is 27.7 Å². The van der Waals surface area contributed by atoms with Gasteiger partial charge in [-0.3, -0.25) is 4.18 Å². The molecule has 0 aromatic carbocycles. The van der Waals surface area contributed by atoms with Crippen molar-refractivity contribution in [3.8, 4) is 0 Å². The van der Waals surface area contributed by atoms with E-state index in [1.54, 1.807) is 0 Å². The SMILES string of the molecule is [2H]C([2H])(OS(C)(=O)=O)C(F)F. The number of rotatable bonds is 3. The highest BCUT2D eigenvalue weighted by atomic mass is 32.2. The fraction of sp³-hybridized carbons (Fsp3) is 1.00. The third-order valence-electron chi connectivity index (χ3n) is 0.289. The molecule has 0 bridgehead atoms. The zero-order valence-electron chi connectivity index (χ0n) is 6.47. The van der Waals surface area contributed by atoms with Gasteiger partial charge in [-0.15, -0.1) is 0 Å². The molecule has 3 nitrogen and oxygen atoms in total. The Morgan fingerprint density at radius 1 is 1.78 bits per heavy atom. The average Bonchev–Trinajstić information content (AvgIpc) is 1.56. The Labute approximate surface area is 54.6 Å². The summed E-state index contributed by atoms with van der Waals surface area (Å²) in [4.78, 5) is 0. The maximum Gasteiger partial charge on any atom is 0.264 e. The molecular weight excluding hydrogens is 154 g/mol. The molecule has 0 saturated heterocycles. The Balaban J connectivity index is 4.38. The van der Waals surface area contributed by atoms with Crippen molar-refractivity contribution in [3.63, 3.8) is 0 Å². The van der Waals surface area contributed by atoms with Crippen molar-refractivity contribution in [3.05, 3.63) is 0 Å². The fourth-order valence-corrected chi connectivity index (χ4v) is 0.371. The van der Waals surface area contributed by atoms with Crippen LogP contribution in [0.1, 0.15) is 2.74 Å². The minimum atomic E-state index is -4.18. The van der Waals surface area contributed by atoms with Crippen LogP contribution >= 0.6 is 0 Å². The molecule has 56 valence electrons. The van der Waals surface area contributed by atoms with Gasteiger partial charge in [-0.2, -0.15) is 8.42 Å². The van der Waals surface area contributed by atoms with Gasteiger partial charge in [-0.25, -0.2) is 8.78 Å². The quantitative estimate of drug-likeness (QED) is 0.558. The van der Waals surface area contributed by atoms with Gasteiger partial charge in [0.2, 0.25) is 0 Å². The first kappa shape index (κ1) is 5.55. The van der Waals surface area contributed by atoms with Crippen LogP contribution in [0.15, 0.2) is 0 Å². The Kier molecular flexibility index (Phi) is 1.89. The van der Waals surface area contributed by atoms with Gasteiger partial charge in [0.05, 0.1) is 9.00 Å². The number of alkyl halides is 2. The van der Waals surface area contributed by atoms with E-state index in [0.717, 1.165) is 0 Å². The predicted octanol–water partition coefficient (Wildman–Crippen LogP) is 0.228. The van der Waals surface area contributed by atoms with Crippen LogP contribution in [0.4, 0.5) is 8.78 Å². The number of hydrogen-bond donors (Lipinski definition) is 0. The van der Waals surface area contributed by atoms with Gasteiger partial charge < -0.3 is 0 Å². The third kappa shape index (κ3) is 7.77. The van der Waals surface area contributed by atoms with Crippen molar-refractivity contribution in [2.45, 2.75) is 6.43 Å². The lowest BCUT2D eigenvalue weighted by atomic mass is 10.8. The van der Waals surface area contributed by atoms with Crippen LogP contribution < -0.4 is 0 Å². The number of hydrogen-bond acceptors (Lipinski definition) is 3. The summed E-state index contributed by atoms with van der Waals surface area (Å²) < 4.78 is 59.6. The van der Waals surface area contributed by atoms with E-state index in [-0.39, 0.29) is 0 Å². The summed E-state index contributed by atoms with van der Waals surface area (Å²) in [7, 11) is -4.18. The molecule has 0 radical (unpaired) electrons. The summed E-state index contributed by atoms with van der Waals surface area (Å²) in [6.45, 7) is -3.44. The van der Waals surface area contributed by atoms with Crippen LogP contribution in [-0.2, 0) is 14.3 Å². The summed E-state index contributed by atoms with van der Waals surface area (Å²) in [5, 5.41) is 0. The average molecular weight is 162 g/mol. The van der Waals surface area contributed by atoms with E-state index in [1.807, 2.05) is 0 Å². The molecule has 0 heterocycles. The smallest absolute Gasteiger partial charge is 0.264 e. The molecule has 0 aromatic heterocycles. The molecule has 6 heteroatoms. The van der Waals surface area contributed by atoms with Gasteiger partial charge in [-0.1, -0.05) is 0 Å². The van der Waals surface area contributed by atoms with Crippen molar-refractivity contribution in [1.29, 1.82) is 0 Å². The Morgan fingerprint density at radius 2 is 2.22 bits per heavy atom. The molecule has 0 aliphatic heterocycles. The maximum absolute atomic E-state index is 11.6. The lowest BCUT2D eigenvalue weighted by Gasteiger charge is -1.97. The van der Waals surface area contributed by atoms with Crippen molar-refractivity contribution >= 4 is 10.1 Å². The highest BCUT2D eigenvalue weighted by Gasteiger charge is 2.07. The molecule has 0 N–H and O–H groups in total. The molecule has 0 unspecified atom stereocenters. The zero-order valence-corrected chi connectivity index (χ0v) is 5.28. The van der Waals surface area contributed by atoms with Gasteiger partial charge in [-0.05, 0) is 0 Å². The summed E-state index contributed by atoms with van der Waals surface area (Å²) in [6.07, 6.45) is -3.00. The summed E-state index contributed by atoms with van der Waals surface area (Å²) in [5.74, 6) is 0. The molecule has 0 aliphatic rings. The Bertz CT molecular complexity index is 225. The maximum atomic E-state index is 11.6. The normalized spacial score (nSPS) is 17.3. The molecule has 0 atom stereocenters. The molecule has 0 aromatic rings. The highest BCUT2D eigenvalue weighted by molar-refractivity contribution is 7.85. The third-order valence-corrected chi connectivity index (χ3v) is 0.688. The van der Waals surface area contributed by atoms with E-state index in [2.05, 4.69) is 4.18 Å². The van der Waals surface area contributed by atoms with Crippen LogP contribution in [0.2, 0.25) is 0 Å². The van der Waals surface area contributed by atoms with Gasteiger partial charge in [0, 0.05) is 0 Å². The first-order chi connectivity index (χ1) is 4.65. The van der Waals surface area contributed by atoms with E-state index in [1.165, 1.54) is 0 Å². The van der Waals surface area contributed by atoms with Crippen LogP contribution in [0.3, 0.4) is 0 Å². The molecule has 0 aliphatic carbocycles. The van der Waals surface area contributed by atoms with Crippen molar-refractivity contribution in [1.82, 2.24) is 0 Å². The first-order valence-corrected chi connectivity index (χ1v) is 3.65. The van der Waals surface area contributed by atoms with Crippen LogP contribution in [0, 0.1) is 0 Å². The van der Waals surface area contributed by atoms with Crippen LogP contribution in [0.5, 0.6) is 0 Å². The van der Waals surface area contributed by atoms with E-state index in [4.69, 9.17) is 2.74 Å². The van der Waals surface area contributed by atoms with Crippen molar-refractivity contribution in [2.24, 2.45) is 0 Å². The molecule has 0 spiro atoms. The van der Waals surface area contributed by atoms with Gasteiger partial charge in [0.25, 0.3) is 16.5 Å². The van der Waals surface area contributed by atoms with Gasteiger partial charge in [0.1, 0.15) is 6.56 Å². The first-order valence-electron chi connectivity index (χ1n) is 2.84. The monoisotopic (exact) mass is 162 g/mol. The second-order valence-electron chi connectivity index (χ2n) is 1.21. The second-order valence-corrected chi connectivity index (χ2v) is 2.78. The number of halogens is 2. The van der Waals surface area contributed by atoms with E-state index in [0.29, 0.717) is 6.26 Å². The topological polar surface area (TPSA) is 43.4 Å². The Morgan fingerprint density at radius 3 is 2.33 bits per heavy atom. The lowest BCUT2D eigenvalue weighted by Crippen LogP contribution is -2.09. The predicted molar refractivity (Wildman–Crippen MR) is 26.8 cm³/mol. The lowest BCUT2D eigenvalue weighted by molar-refractivity contribution is 0.0853. The van der Waals surface area contributed by atoms with E-state index >= 15 is 0 Å². The Hall–Kier alpha value is -0.230. The van der Waals surface area contributed by atoms with Crippen LogP contribution in [0.25, 0.3) is 0 Å². The van der Waals surface area contributed by atoms with Crippen molar-refractivity contribution in [2.75, 3.05) is 12.8 Å². The summed E-state index contributed by atoms with van der Waals surface area (Å²) >= 11 is 0. The molecule has 0 amide bonds. The second kappa shape index (κ2) is 3.07.